The first kappa shape index (κ1) is 7.81. The first-order chi connectivity index (χ1) is 7.21. The van der Waals surface area contributed by atoms with Gasteiger partial charge >= 0.3 is 0 Å². The summed E-state index contributed by atoms with van der Waals surface area (Å²) in [5, 5.41) is 0. The molecule has 0 heteroatoms. The highest BCUT2D eigenvalue weighted by Gasteiger charge is 2.05. The van der Waals surface area contributed by atoms with Crippen LogP contribution in [0, 0.1) is 0 Å². The first-order valence-electron chi connectivity index (χ1n) is 5.32. The van der Waals surface area contributed by atoms with Crippen LogP contribution in [0.1, 0.15) is 25.3 Å². The summed E-state index contributed by atoms with van der Waals surface area (Å²) in [4.78, 5) is 0. The summed E-state index contributed by atoms with van der Waals surface area (Å²) in [6, 6.07) is 19.9. The van der Waals surface area contributed by atoms with Crippen LogP contribution in [0.25, 0.3) is 0 Å². The molecule has 0 atom stereocenters. The van der Waals surface area contributed by atoms with Gasteiger partial charge in [-0.25, -0.2) is 0 Å². The lowest BCUT2D eigenvalue weighted by Crippen LogP contribution is -1.94. The van der Waals surface area contributed by atoms with Crippen molar-refractivity contribution in [1.82, 2.24) is 0 Å². The van der Waals surface area contributed by atoms with Crippen LogP contribution in [0.5, 0.6) is 0 Å². The molecule has 0 N–H and O–H groups in total. The minimum atomic E-state index is -0.664. The average molecular weight is 183 g/mol. The third-order valence-corrected chi connectivity index (χ3v) is 2.41. The second-order valence-corrected chi connectivity index (χ2v) is 3.36. The lowest BCUT2D eigenvalue weighted by atomic mass is 9.93. The Kier molecular flexibility index (Phi) is 2.29. The van der Waals surface area contributed by atoms with Gasteiger partial charge in [0.1, 0.15) is 0 Å². The normalized spacial score (nSPS) is 12.2. The molecule has 0 aromatic heterocycles. The van der Waals surface area contributed by atoms with E-state index in [1.807, 2.05) is 67.6 Å². The molecule has 2 rings (SSSR count). The van der Waals surface area contributed by atoms with Crippen molar-refractivity contribution in [3.05, 3.63) is 71.8 Å². The van der Waals surface area contributed by atoms with Gasteiger partial charge in [-0.15, -0.1) is 0 Å². The summed E-state index contributed by atoms with van der Waals surface area (Å²) in [6.07, 6.45) is 0. The molecule has 0 nitrogen and oxygen atoms in total. The number of benzene rings is 2. The van der Waals surface area contributed by atoms with Crippen molar-refractivity contribution >= 4 is 0 Å². The SMILES string of the molecule is [2H]C(C)(c1ccccc1)c1ccccc1. The van der Waals surface area contributed by atoms with Crippen LogP contribution in [0.3, 0.4) is 0 Å². The van der Waals surface area contributed by atoms with Crippen molar-refractivity contribution in [1.29, 1.82) is 0 Å². The highest BCUT2D eigenvalue weighted by atomic mass is 14.1. The molecular formula is C14H14. The number of rotatable bonds is 2. The Morgan fingerprint density at radius 2 is 1.14 bits per heavy atom. The van der Waals surface area contributed by atoms with Crippen LogP contribution in [0.15, 0.2) is 60.7 Å². The highest BCUT2D eigenvalue weighted by molar-refractivity contribution is 5.31. The van der Waals surface area contributed by atoms with E-state index in [2.05, 4.69) is 0 Å². The van der Waals surface area contributed by atoms with E-state index in [-0.39, 0.29) is 0 Å². The Balaban J connectivity index is 2.44. The van der Waals surface area contributed by atoms with E-state index in [0.717, 1.165) is 11.1 Å². The fourth-order valence-corrected chi connectivity index (χ4v) is 1.54. The monoisotopic (exact) mass is 183 g/mol. The molecule has 0 unspecified atom stereocenters. The van der Waals surface area contributed by atoms with Crippen LogP contribution in [-0.4, -0.2) is 0 Å². The summed E-state index contributed by atoms with van der Waals surface area (Å²) < 4.78 is 8.41. The molecule has 0 amide bonds. The molecule has 0 spiro atoms. The predicted molar refractivity (Wildman–Crippen MR) is 60.4 cm³/mol. The Bertz CT molecular complexity index is 376. The van der Waals surface area contributed by atoms with Gasteiger partial charge in [0.15, 0.2) is 0 Å². The second-order valence-electron chi connectivity index (χ2n) is 3.36. The van der Waals surface area contributed by atoms with Crippen molar-refractivity contribution in [2.75, 3.05) is 0 Å². The molecule has 0 aliphatic carbocycles. The molecule has 70 valence electrons. The summed E-state index contributed by atoms with van der Waals surface area (Å²) >= 11 is 0. The molecule has 0 aliphatic rings. The Morgan fingerprint density at radius 1 is 0.786 bits per heavy atom. The van der Waals surface area contributed by atoms with Gasteiger partial charge in [0, 0.05) is 7.26 Å². The van der Waals surface area contributed by atoms with Gasteiger partial charge in [-0.1, -0.05) is 67.6 Å². The zero-order valence-electron chi connectivity index (χ0n) is 9.27. The van der Waals surface area contributed by atoms with Crippen molar-refractivity contribution in [2.45, 2.75) is 12.8 Å². The maximum Gasteiger partial charge on any atom is 0.0399 e. The lowest BCUT2D eigenvalue weighted by molar-refractivity contribution is 0.922. The van der Waals surface area contributed by atoms with Crippen molar-refractivity contribution in [3.63, 3.8) is 0 Å². The fraction of sp³-hybridized carbons (Fsp3) is 0.143. The first-order valence-corrected chi connectivity index (χ1v) is 4.82. The third-order valence-electron chi connectivity index (χ3n) is 2.41. The molecule has 2 aromatic carbocycles. The van der Waals surface area contributed by atoms with E-state index in [9.17, 15) is 0 Å². The van der Waals surface area contributed by atoms with Gasteiger partial charge in [0.25, 0.3) is 0 Å². The third kappa shape index (κ3) is 1.85. The van der Waals surface area contributed by atoms with Gasteiger partial charge in [0.2, 0.25) is 0 Å². The van der Waals surface area contributed by atoms with Crippen molar-refractivity contribution in [3.8, 4) is 0 Å². The molecule has 0 heterocycles. The predicted octanol–water partition coefficient (Wildman–Crippen LogP) is 3.84. The fourth-order valence-electron chi connectivity index (χ4n) is 1.54. The summed E-state index contributed by atoms with van der Waals surface area (Å²) in [6.45, 7) is 1.93. The van der Waals surface area contributed by atoms with Crippen LogP contribution in [0.2, 0.25) is 0 Å². The molecule has 0 bridgehead atoms. The highest BCUT2D eigenvalue weighted by Crippen LogP contribution is 2.22. The molecule has 0 saturated carbocycles. The number of hydrogen-bond acceptors (Lipinski definition) is 0. The maximum absolute atomic E-state index is 8.41. The maximum atomic E-state index is 8.41. The largest absolute Gasteiger partial charge is 0.0622 e. The summed E-state index contributed by atoms with van der Waals surface area (Å²) in [5.74, 6) is -0.664. The van der Waals surface area contributed by atoms with Gasteiger partial charge in [-0.2, -0.15) is 0 Å². The Hall–Kier alpha value is -1.56. The average Bonchev–Trinajstić information content (AvgIpc) is 2.31. The Labute approximate surface area is 86.6 Å². The van der Waals surface area contributed by atoms with E-state index in [4.69, 9.17) is 1.37 Å². The zero-order valence-corrected chi connectivity index (χ0v) is 8.27. The van der Waals surface area contributed by atoms with Gasteiger partial charge < -0.3 is 0 Å². The molecular weight excluding hydrogens is 168 g/mol. The van der Waals surface area contributed by atoms with Crippen molar-refractivity contribution < 1.29 is 1.37 Å². The molecule has 2 aromatic rings. The standard InChI is InChI=1S/C14H14/c1-12(13-8-4-2-5-9-13)14-10-6-3-7-11-14/h2-12H,1H3/i12D. The minimum absolute atomic E-state index is 0.664. The minimum Gasteiger partial charge on any atom is -0.0622 e. The van der Waals surface area contributed by atoms with Crippen LogP contribution in [-0.2, 0) is 0 Å². The summed E-state index contributed by atoms with van der Waals surface area (Å²) in [5.41, 5.74) is 2.05. The van der Waals surface area contributed by atoms with Gasteiger partial charge in [-0.05, 0) is 11.1 Å². The van der Waals surface area contributed by atoms with E-state index in [1.54, 1.807) is 0 Å². The topological polar surface area (TPSA) is 0 Å². The lowest BCUT2D eigenvalue weighted by Gasteiger charge is -2.11. The molecule has 0 aliphatic heterocycles. The van der Waals surface area contributed by atoms with Crippen molar-refractivity contribution in [2.24, 2.45) is 0 Å². The zero-order chi connectivity index (χ0) is 10.7. The number of hydrogen-bond donors (Lipinski definition) is 0. The molecule has 14 heavy (non-hydrogen) atoms. The van der Waals surface area contributed by atoms with Crippen LogP contribution < -0.4 is 0 Å². The van der Waals surface area contributed by atoms with E-state index in [0.29, 0.717) is 0 Å². The quantitative estimate of drug-likeness (QED) is 0.663. The van der Waals surface area contributed by atoms with Crippen LogP contribution in [0.4, 0.5) is 0 Å². The van der Waals surface area contributed by atoms with E-state index in [1.165, 1.54) is 0 Å². The molecule has 0 radical (unpaired) electrons. The van der Waals surface area contributed by atoms with E-state index >= 15 is 0 Å². The second kappa shape index (κ2) is 4.10. The molecule has 0 saturated heterocycles. The summed E-state index contributed by atoms with van der Waals surface area (Å²) in [7, 11) is 0. The Morgan fingerprint density at radius 3 is 1.50 bits per heavy atom. The smallest absolute Gasteiger partial charge is 0.0399 e. The molecule has 0 fully saturated rings. The van der Waals surface area contributed by atoms with Crippen LogP contribution >= 0.6 is 0 Å². The van der Waals surface area contributed by atoms with Gasteiger partial charge in [0.05, 0.1) is 0 Å². The van der Waals surface area contributed by atoms with E-state index < -0.39 is 5.89 Å². The van der Waals surface area contributed by atoms with Gasteiger partial charge in [-0.3, -0.25) is 0 Å².